The van der Waals surface area contributed by atoms with Crippen molar-refractivity contribution in [2.45, 2.75) is 63.4 Å². The van der Waals surface area contributed by atoms with E-state index in [0.29, 0.717) is 5.38 Å². The highest BCUT2D eigenvalue weighted by Crippen LogP contribution is 2.37. The lowest BCUT2D eigenvalue weighted by molar-refractivity contribution is 0.135. The molecule has 0 aromatic rings. The van der Waals surface area contributed by atoms with Crippen molar-refractivity contribution in [1.82, 2.24) is 4.90 Å². The maximum Gasteiger partial charge on any atom is 0.0365 e. The van der Waals surface area contributed by atoms with Gasteiger partial charge in [0.2, 0.25) is 0 Å². The SMILES string of the molecule is CC(C)CCN1C2CCC1CC(Cl)C2. The number of halogens is 1. The number of piperidine rings is 1. The molecule has 0 aromatic heterocycles. The van der Waals surface area contributed by atoms with Gasteiger partial charge in [0.05, 0.1) is 0 Å². The van der Waals surface area contributed by atoms with Crippen LogP contribution in [0.25, 0.3) is 0 Å². The third-order valence-corrected chi connectivity index (χ3v) is 4.15. The molecule has 2 saturated heterocycles. The van der Waals surface area contributed by atoms with Gasteiger partial charge in [-0.1, -0.05) is 13.8 Å². The summed E-state index contributed by atoms with van der Waals surface area (Å²) >= 11 is 6.25. The van der Waals surface area contributed by atoms with Gasteiger partial charge < -0.3 is 0 Å². The zero-order valence-electron chi connectivity index (χ0n) is 9.38. The molecule has 0 saturated carbocycles. The largest absolute Gasteiger partial charge is 0.297 e. The Morgan fingerprint density at radius 2 is 1.79 bits per heavy atom. The number of hydrogen-bond acceptors (Lipinski definition) is 1. The first-order valence-corrected chi connectivity index (χ1v) is 6.50. The molecule has 0 N–H and O–H groups in total. The van der Waals surface area contributed by atoms with Gasteiger partial charge in [-0.25, -0.2) is 0 Å². The van der Waals surface area contributed by atoms with Crippen molar-refractivity contribution in [3.05, 3.63) is 0 Å². The van der Waals surface area contributed by atoms with Crippen molar-refractivity contribution in [3.63, 3.8) is 0 Å². The van der Waals surface area contributed by atoms with E-state index in [2.05, 4.69) is 18.7 Å². The molecule has 82 valence electrons. The summed E-state index contributed by atoms with van der Waals surface area (Å²) in [6.07, 6.45) is 6.60. The van der Waals surface area contributed by atoms with Gasteiger partial charge in [-0.2, -0.15) is 0 Å². The van der Waals surface area contributed by atoms with Crippen LogP contribution < -0.4 is 0 Å². The smallest absolute Gasteiger partial charge is 0.0365 e. The molecule has 2 atom stereocenters. The molecule has 2 aliphatic rings. The van der Waals surface area contributed by atoms with Gasteiger partial charge in [-0.3, -0.25) is 4.90 Å². The van der Waals surface area contributed by atoms with E-state index in [0.717, 1.165) is 18.0 Å². The highest BCUT2D eigenvalue weighted by atomic mass is 35.5. The Balaban J connectivity index is 1.88. The van der Waals surface area contributed by atoms with E-state index in [4.69, 9.17) is 11.6 Å². The van der Waals surface area contributed by atoms with Gasteiger partial charge >= 0.3 is 0 Å². The van der Waals surface area contributed by atoms with Gasteiger partial charge in [0.1, 0.15) is 0 Å². The maximum atomic E-state index is 6.25. The monoisotopic (exact) mass is 215 g/mol. The van der Waals surface area contributed by atoms with Crippen molar-refractivity contribution in [1.29, 1.82) is 0 Å². The van der Waals surface area contributed by atoms with E-state index in [-0.39, 0.29) is 0 Å². The molecule has 1 nitrogen and oxygen atoms in total. The number of hydrogen-bond donors (Lipinski definition) is 0. The van der Waals surface area contributed by atoms with Crippen LogP contribution in [-0.2, 0) is 0 Å². The lowest BCUT2D eigenvalue weighted by Crippen LogP contribution is -2.43. The normalized spacial score (nSPS) is 38.1. The van der Waals surface area contributed by atoms with Crippen LogP contribution in [0, 0.1) is 5.92 Å². The topological polar surface area (TPSA) is 3.24 Å². The zero-order valence-corrected chi connectivity index (χ0v) is 10.1. The third kappa shape index (κ3) is 2.25. The molecule has 0 amide bonds. The molecule has 2 bridgehead atoms. The zero-order chi connectivity index (χ0) is 10.1. The van der Waals surface area contributed by atoms with Crippen molar-refractivity contribution >= 4 is 11.6 Å². The van der Waals surface area contributed by atoms with E-state index in [1.165, 1.54) is 38.6 Å². The molecule has 2 fully saturated rings. The quantitative estimate of drug-likeness (QED) is 0.654. The molecule has 2 heteroatoms. The fraction of sp³-hybridized carbons (Fsp3) is 1.00. The maximum absolute atomic E-state index is 6.25. The van der Waals surface area contributed by atoms with Crippen molar-refractivity contribution in [2.24, 2.45) is 5.92 Å². The Labute approximate surface area is 92.8 Å². The average molecular weight is 216 g/mol. The Morgan fingerprint density at radius 1 is 1.21 bits per heavy atom. The molecule has 0 radical (unpaired) electrons. The van der Waals surface area contributed by atoms with Gasteiger partial charge in [0, 0.05) is 17.5 Å². The highest BCUT2D eigenvalue weighted by Gasteiger charge is 2.39. The van der Waals surface area contributed by atoms with E-state index >= 15 is 0 Å². The van der Waals surface area contributed by atoms with Crippen LogP contribution in [0.1, 0.15) is 46.0 Å². The molecule has 0 aliphatic carbocycles. The number of nitrogens with zero attached hydrogens (tertiary/aromatic N) is 1. The number of rotatable bonds is 3. The van der Waals surface area contributed by atoms with E-state index in [1.807, 2.05) is 0 Å². The standard InChI is InChI=1S/C12H22ClN/c1-9(2)5-6-14-11-3-4-12(14)8-10(13)7-11/h9-12H,3-8H2,1-2H3. The van der Waals surface area contributed by atoms with Crippen LogP contribution in [0.2, 0.25) is 0 Å². The van der Waals surface area contributed by atoms with Crippen LogP contribution in [0.3, 0.4) is 0 Å². The third-order valence-electron chi connectivity index (χ3n) is 3.79. The summed E-state index contributed by atoms with van der Waals surface area (Å²) in [7, 11) is 0. The summed E-state index contributed by atoms with van der Waals surface area (Å²) in [6.45, 7) is 5.93. The molecular formula is C12H22ClN. The van der Waals surface area contributed by atoms with Crippen LogP contribution in [-0.4, -0.2) is 28.9 Å². The van der Waals surface area contributed by atoms with Crippen molar-refractivity contribution in [2.75, 3.05) is 6.54 Å². The highest BCUT2D eigenvalue weighted by molar-refractivity contribution is 6.20. The molecule has 14 heavy (non-hydrogen) atoms. The summed E-state index contributed by atoms with van der Waals surface area (Å²) in [5, 5.41) is 0.461. The lowest BCUT2D eigenvalue weighted by atomic mass is 10.0. The van der Waals surface area contributed by atoms with Gasteiger partial charge in [-0.05, 0) is 44.6 Å². The molecule has 2 aliphatic heterocycles. The first-order valence-electron chi connectivity index (χ1n) is 6.06. The van der Waals surface area contributed by atoms with Gasteiger partial charge in [0.25, 0.3) is 0 Å². The Bertz CT molecular complexity index is 179. The van der Waals surface area contributed by atoms with Crippen LogP contribution in [0.4, 0.5) is 0 Å². The van der Waals surface area contributed by atoms with Crippen molar-refractivity contribution in [3.8, 4) is 0 Å². The second kappa shape index (κ2) is 4.40. The van der Waals surface area contributed by atoms with Crippen molar-refractivity contribution < 1.29 is 0 Å². The van der Waals surface area contributed by atoms with Crippen LogP contribution in [0.15, 0.2) is 0 Å². The minimum absolute atomic E-state index is 0.461. The Kier molecular flexibility index (Phi) is 3.38. The summed E-state index contributed by atoms with van der Waals surface area (Å²) in [4.78, 5) is 2.74. The lowest BCUT2D eigenvalue weighted by Gasteiger charge is -2.37. The molecule has 2 heterocycles. The number of alkyl halides is 1. The van der Waals surface area contributed by atoms with Crippen LogP contribution >= 0.6 is 11.6 Å². The van der Waals surface area contributed by atoms with E-state index in [1.54, 1.807) is 0 Å². The first kappa shape index (κ1) is 10.8. The fourth-order valence-electron chi connectivity index (χ4n) is 2.98. The second-order valence-corrected chi connectivity index (χ2v) is 5.99. The summed E-state index contributed by atoms with van der Waals surface area (Å²) in [6, 6.07) is 1.63. The predicted octanol–water partition coefficient (Wildman–Crippen LogP) is 3.27. The minimum Gasteiger partial charge on any atom is -0.297 e. The minimum atomic E-state index is 0.461. The molecule has 2 rings (SSSR count). The second-order valence-electron chi connectivity index (χ2n) is 5.37. The molecule has 0 aromatic carbocycles. The predicted molar refractivity (Wildman–Crippen MR) is 61.8 cm³/mol. The summed E-state index contributed by atoms with van der Waals surface area (Å²) < 4.78 is 0. The van der Waals surface area contributed by atoms with E-state index in [9.17, 15) is 0 Å². The van der Waals surface area contributed by atoms with Crippen LogP contribution in [0.5, 0.6) is 0 Å². The summed E-state index contributed by atoms with van der Waals surface area (Å²) in [5.41, 5.74) is 0. The Hall–Kier alpha value is 0.250. The van der Waals surface area contributed by atoms with E-state index < -0.39 is 0 Å². The number of fused-ring (bicyclic) bond motifs is 2. The molecule has 2 unspecified atom stereocenters. The fourth-order valence-corrected chi connectivity index (χ4v) is 3.39. The Morgan fingerprint density at radius 3 is 2.29 bits per heavy atom. The molecule has 0 spiro atoms. The first-order chi connectivity index (χ1) is 6.66. The van der Waals surface area contributed by atoms with Gasteiger partial charge in [0.15, 0.2) is 0 Å². The molecular weight excluding hydrogens is 194 g/mol. The van der Waals surface area contributed by atoms with Gasteiger partial charge in [-0.15, -0.1) is 11.6 Å². The average Bonchev–Trinajstić information content (AvgIpc) is 2.34. The summed E-state index contributed by atoms with van der Waals surface area (Å²) in [5.74, 6) is 0.836.